The Morgan fingerprint density at radius 3 is 2.71 bits per heavy atom. The van der Waals surface area contributed by atoms with Crippen LogP contribution in [0.25, 0.3) is 0 Å². The first kappa shape index (κ1) is 14.3. The number of ether oxygens (including phenoxy) is 1. The van der Waals surface area contributed by atoms with Crippen molar-refractivity contribution >= 4 is 11.8 Å². The molecule has 86 valence electrons. The van der Waals surface area contributed by atoms with E-state index in [0.29, 0.717) is 6.10 Å². The van der Waals surface area contributed by atoms with Gasteiger partial charge in [-0.1, -0.05) is 20.8 Å². The second-order valence-electron chi connectivity index (χ2n) is 3.25. The lowest BCUT2D eigenvalue weighted by atomic mass is 10.3. The Balaban J connectivity index is 0.000000791. The van der Waals surface area contributed by atoms with Gasteiger partial charge in [0, 0.05) is 18.8 Å². The summed E-state index contributed by atoms with van der Waals surface area (Å²) in [6.45, 7) is 10.6. The van der Waals surface area contributed by atoms with Crippen LogP contribution in [0.1, 0.15) is 27.2 Å². The molecule has 14 heavy (non-hydrogen) atoms. The van der Waals surface area contributed by atoms with Crippen molar-refractivity contribution in [3.8, 4) is 0 Å². The zero-order chi connectivity index (χ0) is 10.8. The summed E-state index contributed by atoms with van der Waals surface area (Å²) in [5.74, 6) is 1.14. The first-order valence-electron chi connectivity index (χ1n) is 5.69. The van der Waals surface area contributed by atoms with Gasteiger partial charge in [0.15, 0.2) is 0 Å². The molecule has 0 bridgehead atoms. The maximum absolute atomic E-state index is 5.63. The van der Waals surface area contributed by atoms with Gasteiger partial charge < -0.3 is 4.74 Å². The number of hydrogen-bond donors (Lipinski definition) is 0. The van der Waals surface area contributed by atoms with Gasteiger partial charge in [0.05, 0.1) is 12.7 Å². The molecule has 1 fully saturated rings. The Hall–Kier alpha value is 0.270. The van der Waals surface area contributed by atoms with Gasteiger partial charge in [-0.25, -0.2) is 0 Å². The minimum atomic E-state index is 0.472. The van der Waals surface area contributed by atoms with Gasteiger partial charge in [0.25, 0.3) is 0 Å². The highest BCUT2D eigenvalue weighted by molar-refractivity contribution is 7.98. The second kappa shape index (κ2) is 9.81. The molecule has 1 aliphatic heterocycles. The van der Waals surface area contributed by atoms with Crippen molar-refractivity contribution in [1.82, 2.24) is 4.90 Å². The fraction of sp³-hybridized carbons (Fsp3) is 1.00. The van der Waals surface area contributed by atoms with Gasteiger partial charge in [0.1, 0.15) is 0 Å². The monoisotopic (exact) mass is 219 g/mol. The standard InChI is InChI=1S/C9H19NOS.C2H6/c1-3-4-10-5-6-11-9(7-10)8-12-2;1-2/h9H,3-8H2,1-2H3;1-2H3. The van der Waals surface area contributed by atoms with Crippen LogP contribution in [0.3, 0.4) is 0 Å². The Labute approximate surface area is 93.4 Å². The molecule has 0 aromatic heterocycles. The molecule has 0 radical (unpaired) electrons. The van der Waals surface area contributed by atoms with Crippen molar-refractivity contribution in [3.63, 3.8) is 0 Å². The topological polar surface area (TPSA) is 12.5 Å². The summed E-state index contributed by atoms with van der Waals surface area (Å²) >= 11 is 1.88. The van der Waals surface area contributed by atoms with E-state index in [0.717, 1.165) is 25.4 Å². The molecule has 0 N–H and O–H groups in total. The van der Waals surface area contributed by atoms with Gasteiger partial charge in [-0.2, -0.15) is 11.8 Å². The quantitative estimate of drug-likeness (QED) is 0.721. The van der Waals surface area contributed by atoms with Crippen LogP contribution in [-0.4, -0.2) is 49.3 Å². The van der Waals surface area contributed by atoms with Crippen molar-refractivity contribution in [3.05, 3.63) is 0 Å². The lowest BCUT2D eigenvalue weighted by Crippen LogP contribution is -2.43. The number of nitrogens with zero attached hydrogens (tertiary/aromatic N) is 1. The smallest absolute Gasteiger partial charge is 0.0792 e. The minimum absolute atomic E-state index is 0.472. The van der Waals surface area contributed by atoms with Crippen molar-refractivity contribution in [2.75, 3.05) is 38.2 Å². The number of rotatable bonds is 4. The molecule has 1 saturated heterocycles. The van der Waals surface area contributed by atoms with Gasteiger partial charge in [-0.15, -0.1) is 0 Å². The van der Waals surface area contributed by atoms with Crippen LogP contribution in [0, 0.1) is 0 Å². The largest absolute Gasteiger partial charge is 0.375 e. The molecule has 1 rings (SSSR count). The molecule has 0 aliphatic carbocycles. The highest BCUT2D eigenvalue weighted by Gasteiger charge is 2.18. The molecule has 2 nitrogen and oxygen atoms in total. The zero-order valence-electron chi connectivity index (χ0n) is 10.1. The summed E-state index contributed by atoms with van der Waals surface area (Å²) < 4.78 is 5.63. The Morgan fingerprint density at radius 1 is 1.43 bits per heavy atom. The van der Waals surface area contributed by atoms with Crippen LogP contribution in [0.4, 0.5) is 0 Å². The van der Waals surface area contributed by atoms with E-state index >= 15 is 0 Å². The summed E-state index contributed by atoms with van der Waals surface area (Å²) in [5.41, 5.74) is 0. The molecule has 1 aliphatic rings. The number of morpholine rings is 1. The van der Waals surface area contributed by atoms with Crippen LogP contribution in [0.2, 0.25) is 0 Å². The predicted octanol–water partition coefficient (Wildman–Crippen LogP) is 2.49. The molecule has 1 atom stereocenters. The fourth-order valence-corrected chi connectivity index (χ4v) is 2.16. The van der Waals surface area contributed by atoms with E-state index in [4.69, 9.17) is 4.74 Å². The lowest BCUT2D eigenvalue weighted by Gasteiger charge is -2.32. The van der Waals surface area contributed by atoms with Crippen LogP contribution in [0.15, 0.2) is 0 Å². The summed E-state index contributed by atoms with van der Waals surface area (Å²) in [6.07, 6.45) is 3.87. The van der Waals surface area contributed by atoms with Crippen molar-refractivity contribution < 1.29 is 4.74 Å². The first-order valence-corrected chi connectivity index (χ1v) is 7.09. The van der Waals surface area contributed by atoms with E-state index in [-0.39, 0.29) is 0 Å². The highest BCUT2D eigenvalue weighted by atomic mass is 32.2. The van der Waals surface area contributed by atoms with Gasteiger partial charge >= 0.3 is 0 Å². The third-order valence-corrected chi connectivity index (χ3v) is 2.82. The SMILES string of the molecule is CC.CCCN1CCOC(CSC)C1. The number of hydrogen-bond acceptors (Lipinski definition) is 3. The van der Waals surface area contributed by atoms with E-state index < -0.39 is 0 Å². The highest BCUT2D eigenvalue weighted by Crippen LogP contribution is 2.09. The average Bonchev–Trinajstić information content (AvgIpc) is 2.22. The molecule has 3 heteroatoms. The zero-order valence-corrected chi connectivity index (χ0v) is 10.9. The van der Waals surface area contributed by atoms with Gasteiger partial charge in [-0.05, 0) is 19.2 Å². The van der Waals surface area contributed by atoms with Crippen molar-refractivity contribution in [2.45, 2.75) is 33.3 Å². The molecule has 1 unspecified atom stereocenters. The summed E-state index contributed by atoms with van der Waals surface area (Å²) in [6, 6.07) is 0. The third kappa shape index (κ3) is 5.89. The molecular formula is C11H25NOS. The van der Waals surface area contributed by atoms with E-state index in [9.17, 15) is 0 Å². The van der Waals surface area contributed by atoms with Gasteiger partial charge in [-0.3, -0.25) is 4.90 Å². The molecular weight excluding hydrogens is 194 g/mol. The molecule has 0 aromatic carbocycles. The van der Waals surface area contributed by atoms with E-state index in [1.807, 2.05) is 25.6 Å². The van der Waals surface area contributed by atoms with E-state index in [1.165, 1.54) is 13.0 Å². The maximum atomic E-state index is 5.63. The molecule has 0 aromatic rings. The van der Waals surface area contributed by atoms with Crippen LogP contribution < -0.4 is 0 Å². The van der Waals surface area contributed by atoms with Crippen LogP contribution in [0.5, 0.6) is 0 Å². The molecule has 0 amide bonds. The second-order valence-corrected chi connectivity index (χ2v) is 4.16. The molecule has 1 heterocycles. The number of thioether (sulfide) groups is 1. The van der Waals surface area contributed by atoms with Crippen LogP contribution >= 0.6 is 11.8 Å². The fourth-order valence-electron chi connectivity index (χ4n) is 1.59. The van der Waals surface area contributed by atoms with Gasteiger partial charge in [0.2, 0.25) is 0 Å². The molecule has 0 saturated carbocycles. The Morgan fingerprint density at radius 2 is 2.14 bits per heavy atom. The molecule has 0 spiro atoms. The lowest BCUT2D eigenvalue weighted by molar-refractivity contribution is -0.0154. The summed E-state index contributed by atoms with van der Waals surface area (Å²) in [5, 5.41) is 0. The third-order valence-electron chi connectivity index (χ3n) is 2.12. The maximum Gasteiger partial charge on any atom is 0.0792 e. The van der Waals surface area contributed by atoms with Crippen molar-refractivity contribution in [2.24, 2.45) is 0 Å². The van der Waals surface area contributed by atoms with Crippen molar-refractivity contribution in [1.29, 1.82) is 0 Å². The Bertz CT molecular complexity index is 106. The summed E-state index contributed by atoms with van der Waals surface area (Å²) in [7, 11) is 0. The Kier molecular flexibility index (Phi) is 10.0. The van der Waals surface area contributed by atoms with Crippen LogP contribution in [-0.2, 0) is 4.74 Å². The van der Waals surface area contributed by atoms with E-state index in [1.54, 1.807) is 0 Å². The average molecular weight is 219 g/mol. The first-order chi connectivity index (χ1) is 6.86. The summed E-state index contributed by atoms with van der Waals surface area (Å²) in [4.78, 5) is 2.50. The minimum Gasteiger partial charge on any atom is -0.375 e. The predicted molar refractivity (Wildman–Crippen MR) is 66.2 cm³/mol. The normalized spacial score (nSPS) is 22.7. The van der Waals surface area contributed by atoms with E-state index in [2.05, 4.69) is 18.1 Å².